The van der Waals surface area contributed by atoms with Crippen molar-refractivity contribution in [3.63, 3.8) is 0 Å². The summed E-state index contributed by atoms with van der Waals surface area (Å²) >= 11 is 3.06. The molecule has 0 spiro atoms. The van der Waals surface area contributed by atoms with E-state index >= 15 is 0 Å². The van der Waals surface area contributed by atoms with Crippen LogP contribution < -0.4 is 5.56 Å². The minimum absolute atomic E-state index is 0.0864. The number of thiophene rings is 1. The van der Waals surface area contributed by atoms with Gasteiger partial charge in [0.2, 0.25) is 0 Å². The molecule has 3 aromatic heterocycles. The van der Waals surface area contributed by atoms with Crippen LogP contribution in [-0.2, 0) is 5.75 Å². The van der Waals surface area contributed by atoms with Gasteiger partial charge in [-0.25, -0.2) is 9.97 Å². The highest BCUT2D eigenvalue weighted by Gasteiger charge is 2.12. The van der Waals surface area contributed by atoms with Crippen molar-refractivity contribution in [3.05, 3.63) is 76.3 Å². The van der Waals surface area contributed by atoms with Crippen LogP contribution in [0.2, 0.25) is 0 Å². The third-order valence-electron chi connectivity index (χ3n) is 3.57. The number of fused-ring (bicyclic) bond motifs is 1. The van der Waals surface area contributed by atoms with Gasteiger partial charge < -0.3 is 4.98 Å². The van der Waals surface area contributed by atoms with Crippen LogP contribution in [0.15, 0.2) is 69.9 Å². The number of nitrogens with zero attached hydrogens (tertiary/aromatic N) is 2. The fourth-order valence-corrected chi connectivity index (χ4v) is 4.17. The molecule has 0 atom stereocenters. The highest BCUT2D eigenvalue weighted by atomic mass is 32.2. The molecule has 3 heterocycles. The summed E-state index contributed by atoms with van der Waals surface area (Å²) in [5, 5.41) is 3.58. The Morgan fingerprint density at radius 3 is 2.71 bits per heavy atom. The number of hydrogen-bond donors (Lipinski definition) is 1. The summed E-state index contributed by atoms with van der Waals surface area (Å²) in [5.41, 5.74) is 1.89. The molecule has 0 saturated carbocycles. The first-order valence-electron chi connectivity index (χ1n) is 7.41. The van der Waals surface area contributed by atoms with Crippen molar-refractivity contribution in [2.75, 3.05) is 0 Å². The highest BCUT2D eigenvalue weighted by Crippen LogP contribution is 2.30. The summed E-state index contributed by atoms with van der Waals surface area (Å²) in [6, 6.07) is 15.7. The van der Waals surface area contributed by atoms with Gasteiger partial charge in [-0.15, -0.1) is 11.3 Å². The summed E-state index contributed by atoms with van der Waals surface area (Å²) in [5.74, 6) is 1.26. The first-order chi connectivity index (χ1) is 11.8. The third-order valence-corrected chi connectivity index (χ3v) is 5.40. The largest absolute Gasteiger partial charge is 0.309 e. The van der Waals surface area contributed by atoms with Crippen molar-refractivity contribution in [2.45, 2.75) is 10.8 Å². The number of aromatic nitrogens is 3. The van der Waals surface area contributed by atoms with Gasteiger partial charge >= 0.3 is 0 Å². The van der Waals surface area contributed by atoms with Crippen molar-refractivity contribution < 1.29 is 0 Å². The molecule has 1 N–H and O–H groups in total. The highest BCUT2D eigenvalue weighted by molar-refractivity contribution is 7.98. The zero-order chi connectivity index (χ0) is 16.4. The van der Waals surface area contributed by atoms with E-state index in [4.69, 9.17) is 0 Å². The zero-order valence-corrected chi connectivity index (χ0v) is 14.2. The topological polar surface area (TPSA) is 58.6 Å². The van der Waals surface area contributed by atoms with Crippen molar-refractivity contribution in [1.29, 1.82) is 0 Å². The van der Waals surface area contributed by atoms with Crippen molar-refractivity contribution >= 4 is 33.3 Å². The van der Waals surface area contributed by atoms with Gasteiger partial charge in [-0.1, -0.05) is 48.2 Å². The molecule has 24 heavy (non-hydrogen) atoms. The minimum Gasteiger partial charge on any atom is -0.309 e. The second-order valence-corrected chi connectivity index (χ2v) is 7.02. The average Bonchev–Trinajstić information content (AvgIpc) is 3.06. The van der Waals surface area contributed by atoms with E-state index < -0.39 is 0 Å². The molecular formula is C18H13N3OS2. The normalized spacial score (nSPS) is 11.0. The van der Waals surface area contributed by atoms with Gasteiger partial charge in [0.1, 0.15) is 10.7 Å². The van der Waals surface area contributed by atoms with Gasteiger partial charge in [-0.2, -0.15) is 0 Å². The lowest BCUT2D eigenvalue weighted by molar-refractivity contribution is 1.04. The Labute approximate surface area is 146 Å². The number of H-pyrrole nitrogens is 1. The molecule has 0 amide bonds. The van der Waals surface area contributed by atoms with Crippen LogP contribution in [0.5, 0.6) is 0 Å². The van der Waals surface area contributed by atoms with Crippen LogP contribution in [0.25, 0.3) is 21.3 Å². The predicted octanol–water partition coefficient (Wildman–Crippen LogP) is 4.34. The third kappa shape index (κ3) is 2.98. The molecular weight excluding hydrogens is 338 g/mol. The Bertz CT molecular complexity index is 1030. The molecule has 6 heteroatoms. The monoisotopic (exact) mass is 351 g/mol. The van der Waals surface area contributed by atoms with Crippen LogP contribution >= 0.6 is 23.1 Å². The average molecular weight is 351 g/mol. The standard InChI is InChI=1S/C18H13N3OS2/c22-17-16-13(12-6-2-1-3-7-12)10-24-18(16)21-14(20-17)11-23-15-8-4-5-9-19-15/h1-10H,11H2,(H,20,21,22). The first kappa shape index (κ1) is 15.1. The summed E-state index contributed by atoms with van der Waals surface area (Å²) in [6.45, 7) is 0. The first-order valence-corrected chi connectivity index (χ1v) is 9.27. The van der Waals surface area contributed by atoms with E-state index in [1.165, 1.54) is 11.3 Å². The van der Waals surface area contributed by atoms with Crippen LogP contribution in [0, 0.1) is 0 Å². The summed E-state index contributed by atoms with van der Waals surface area (Å²) in [7, 11) is 0. The molecule has 0 radical (unpaired) electrons. The Hall–Kier alpha value is -2.44. The maximum Gasteiger partial charge on any atom is 0.260 e. The fraction of sp³-hybridized carbons (Fsp3) is 0.0556. The second-order valence-electron chi connectivity index (χ2n) is 5.16. The Morgan fingerprint density at radius 2 is 1.92 bits per heavy atom. The molecule has 118 valence electrons. The molecule has 4 rings (SSSR count). The number of benzene rings is 1. The number of hydrogen-bond acceptors (Lipinski definition) is 5. The number of pyridine rings is 1. The van der Waals surface area contributed by atoms with Crippen molar-refractivity contribution in [3.8, 4) is 11.1 Å². The molecule has 1 aromatic carbocycles. The summed E-state index contributed by atoms with van der Waals surface area (Å²) < 4.78 is 0. The lowest BCUT2D eigenvalue weighted by Gasteiger charge is -2.02. The molecule has 0 aliphatic heterocycles. The van der Waals surface area contributed by atoms with Gasteiger partial charge in [0.05, 0.1) is 16.2 Å². The van der Waals surface area contributed by atoms with E-state index in [2.05, 4.69) is 15.0 Å². The molecule has 0 aliphatic rings. The van der Waals surface area contributed by atoms with Crippen LogP contribution in [0.1, 0.15) is 5.82 Å². The summed E-state index contributed by atoms with van der Waals surface area (Å²) in [6.07, 6.45) is 1.76. The lowest BCUT2D eigenvalue weighted by Crippen LogP contribution is -2.10. The Morgan fingerprint density at radius 1 is 1.08 bits per heavy atom. The zero-order valence-electron chi connectivity index (χ0n) is 12.6. The maximum atomic E-state index is 12.6. The van der Waals surface area contributed by atoms with E-state index in [0.717, 1.165) is 21.0 Å². The lowest BCUT2D eigenvalue weighted by atomic mass is 10.1. The van der Waals surface area contributed by atoms with Crippen molar-refractivity contribution in [1.82, 2.24) is 15.0 Å². The van der Waals surface area contributed by atoms with Gasteiger partial charge in [-0.3, -0.25) is 4.79 Å². The van der Waals surface area contributed by atoms with E-state index in [9.17, 15) is 4.79 Å². The smallest absolute Gasteiger partial charge is 0.260 e. The van der Waals surface area contributed by atoms with E-state index in [1.807, 2.05) is 53.9 Å². The van der Waals surface area contributed by atoms with E-state index in [0.29, 0.717) is 17.0 Å². The molecule has 0 bridgehead atoms. The number of nitrogens with one attached hydrogen (secondary N) is 1. The number of thioether (sulfide) groups is 1. The van der Waals surface area contributed by atoms with E-state index in [-0.39, 0.29) is 5.56 Å². The number of rotatable bonds is 4. The molecule has 0 aliphatic carbocycles. The molecule has 4 nitrogen and oxygen atoms in total. The van der Waals surface area contributed by atoms with Crippen molar-refractivity contribution in [2.24, 2.45) is 0 Å². The Kier molecular flexibility index (Phi) is 4.15. The van der Waals surface area contributed by atoms with Crippen LogP contribution in [0.3, 0.4) is 0 Å². The predicted molar refractivity (Wildman–Crippen MR) is 99.5 cm³/mol. The quantitative estimate of drug-likeness (QED) is 0.556. The maximum absolute atomic E-state index is 12.6. The number of aromatic amines is 1. The van der Waals surface area contributed by atoms with Gasteiger partial charge in [0.15, 0.2) is 0 Å². The van der Waals surface area contributed by atoms with Crippen LogP contribution in [0.4, 0.5) is 0 Å². The van der Waals surface area contributed by atoms with Gasteiger partial charge in [0.25, 0.3) is 5.56 Å². The molecule has 0 fully saturated rings. The fourth-order valence-electron chi connectivity index (χ4n) is 2.47. The van der Waals surface area contributed by atoms with Crippen LogP contribution in [-0.4, -0.2) is 15.0 Å². The second kappa shape index (κ2) is 6.59. The Balaban J connectivity index is 1.68. The van der Waals surface area contributed by atoms with E-state index in [1.54, 1.807) is 18.0 Å². The molecule has 0 unspecified atom stereocenters. The molecule has 4 aromatic rings. The van der Waals surface area contributed by atoms with Gasteiger partial charge in [0, 0.05) is 17.1 Å². The van der Waals surface area contributed by atoms with Gasteiger partial charge in [-0.05, 0) is 17.7 Å². The summed E-state index contributed by atoms with van der Waals surface area (Å²) in [4.78, 5) is 25.1. The minimum atomic E-state index is -0.0864. The SMILES string of the molecule is O=c1[nH]c(CSc2ccccn2)nc2scc(-c3ccccc3)c12. The molecule has 0 saturated heterocycles.